The molecule has 0 amide bonds. The largest absolute Gasteiger partial charge is 0.497 e. The number of ether oxygens (including phenoxy) is 2. The van der Waals surface area contributed by atoms with Crippen molar-refractivity contribution in [1.29, 1.82) is 0 Å². The molecule has 0 unspecified atom stereocenters. The molecular formula is C12H11BrN2O3. The summed E-state index contributed by atoms with van der Waals surface area (Å²) >= 11 is 3.34. The molecule has 0 atom stereocenters. The first-order chi connectivity index (χ1) is 8.67. The summed E-state index contributed by atoms with van der Waals surface area (Å²) in [6, 6.07) is 7.41. The van der Waals surface area contributed by atoms with Gasteiger partial charge in [-0.1, -0.05) is 12.1 Å². The molecule has 1 heterocycles. The van der Waals surface area contributed by atoms with E-state index in [1.165, 1.54) is 7.11 Å². The maximum Gasteiger partial charge on any atom is 0.357 e. The van der Waals surface area contributed by atoms with Crippen molar-refractivity contribution in [3.8, 4) is 17.0 Å². The fourth-order valence-corrected chi connectivity index (χ4v) is 2.10. The molecule has 0 spiro atoms. The third kappa shape index (κ3) is 2.24. The number of aromatic amines is 1. The van der Waals surface area contributed by atoms with Crippen LogP contribution in [-0.2, 0) is 4.74 Å². The van der Waals surface area contributed by atoms with Gasteiger partial charge in [-0.2, -0.15) is 5.10 Å². The minimum absolute atomic E-state index is 0.287. The molecule has 5 nitrogen and oxygen atoms in total. The van der Waals surface area contributed by atoms with E-state index in [-0.39, 0.29) is 5.69 Å². The van der Waals surface area contributed by atoms with E-state index in [0.717, 1.165) is 11.3 Å². The first-order valence-corrected chi connectivity index (χ1v) is 5.93. The van der Waals surface area contributed by atoms with Crippen molar-refractivity contribution < 1.29 is 14.3 Å². The number of carbonyl (C=O) groups excluding carboxylic acids is 1. The minimum Gasteiger partial charge on any atom is -0.497 e. The van der Waals surface area contributed by atoms with Crippen molar-refractivity contribution in [3.63, 3.8) is 0 Å². The zero-order valence-corrected chi connectivity index (χ0v) is 11.4. The number of nitrogens with one attached hydrogen (secondary N) is 1. The fraction of sp³-hybridized carbons (Fsp3) is 0.167. The Labute approximate surface area is 112 Å². The van der Waals surface area contributed by atoms with Crippen molar-refractivity contribution in [2.45, 2.75) is 0 Å². The van der Waals surface area contributed by atoms with E-state index in [9.17, 15) is 4.79 Å². The monoisotopic (exact) mass is 310 g/mol. The van der Waals surface area contributed by atoms with Crippen LogP contribution in [0.25, 0.3) is 11.3 Å². The van der Waals surface area contributed by atoms with E-state index in [1.54, 1.807) is 7.11 Å². The highest BCUT2D eigenvalue weighted by Crippen LogP contribution is 2.30. The van der Waals surface area contributed by atoms with E-state index < -0.39 is 5.97 Å². The van der Waals surface area contributed by atoms with Crippen LogP contribution < -0.4 is 4.74 Å². The first kappa shape index (κ1) is 12.6. The Morgan fingerprint density at radius 1 is 1.39 bits per heavy atom. The van der Waals surface area contributed by atoms with E-state index in [0.29, 0.717) is 10.2 Å². The number of H-pyrrole nitrogens is 1. The van der Waals surface area contributed by atoms with Crippen LogP contribution in [0.2, 0.25) is 0 Å². The Morgan fingerprint density at radius 2 is 2.17 bits per heavy atom. The smallest absolute Gasteiger partial charge is 0.357 e. The summed E-state index contributed by atoms with van der Waals surface area (Å²) in [5.74, 6) is 0.255. The number of hydrogen-bond acceptors (Lipinski definition) is 4. The molecule has 0 fully saturated rings. The standard InChI is InChI=1S/C12H11BrN2O3/c1-17-8-5-3-4-7(6-8)10-9(13)11(15-14-10)12(16)18-2/h3-6H,1-2H3,(H,14,15). The maximum atomic E-state index is 11.5. The third-order valence-corrected chi connectivity index (χ3v) is 3.21. The summed E-state index contributed by atoms with van der Waals surface area (Å²) in [6.07, 6.45) is 0. The predicted octanol–water partition coefficient (Wildman–Crippen LogP) is 2.63. The van der Waals surface area contributed by atoms with Crippen molar-refractivity contribution >= 4 is 21.9 Å². The molecule has 0 aliphatic heterocycles. The van der Waals surface area contributed by atoms with E-state index in [2.05, 4.69) is 30.9 Å². The van der Waals surface area contributed by atoms with Gasteiger partial charge in [0.1, 0.15) is 11.4 Å². The van der Waals surface area contributed by atoms with Gasteiger partial charge < -0.3 is 9.47 Å². The second-order valence-electron chi connectivity index (χ2n) is 3.48. The fourth-order valence-electron chi connectivity index (χ4n) is 1.53. The number of carbonyl (C=O) groups is 1. The molecule has 0 aliphatic rings. The molecule has 0 radical (unpaired) electrons. The number of nitrogens with zero attached hydrogens (tertiary/aromatic N) is 1. The summed E-state index contributed by atoms with van der Waals surface area (Å²) in [6.45, 7) is 0. The Hall–Kier alpha value is -1.82. The second-order valence-corrected chi connectivity index (χ2v) is 4.28. The second kappa shape index (κ2) is 5.22. The number of rotatable bonds is 3. The molecule has 18 heavy (non-hydrogen) atoms. The van der Waals surface area contributed by atoms with Crippen molar-refractivity contribution in [2.24, 2.45) is 0 Å². The Morgan fingerprint density at radius 3 is 2.83 bits per heavy atom. The average molecular weight is 311 g/mol. The lowest BCUT2D eigenvalue weighted by Gasteiger charge is -2.02. The van der Waals surface area contributed by atoms with E-state index in [1.807, 2.05) is 24.3 Å². The molecule has 2 aromatic rings. The molecular weight excluding hydrogens is 300 g/mol. The zero-order chi connectivity index (χ0) is 13.1. The molecule has 1 N–H and O–H groups in total. The van der Waals surface area contributed by atoms with Crippen molar-refractivity contribution in [3.05, 3.63) is 34.4 Å². The number of halogens is 1. The number of benzene rings is 1. The molecule has 94 valence electrons. The highest BCUT2D eigenvalue weighted by atomic mass is 79.9. The summed E-state index contributed by atoms with van der Waals surface area (Å²) in [4.78, 5) is 11.5. The maximum absolute atomic E-state index is 11.5. The molecule has 0 aliphatic carbocycles. The van der Waals surface area contributed by atoms with Gasteiger partial charge >= 0.3 is 5.97 Å². The van der Waals surface area contributed by atoms with Gasteiger partial charge in [0, 0.05) is 5.56 Å². The SMILES string of the molecule is COC(=O)c1[nH]nc(-c2cccc(OC)c2)c1Br. The van der Waals surface area contributed by atoms with Crippen LogP contribution in [0.3, 0.4) is 0 Å². The van der Waals surface area contributed by atoms with Gasteiger partial charge in [-0.25, -0.2) is 4.79 Å². The predicted molar refractivity (Wildman–Crippen MR) is 69.6 cm³/mol. The van der Waals surface area contributed by atoms with Gasteiger partial charge in [-0.15, -0.1) is 0 Å². The van der Waals surface area contributed by atoms with Gasteiger partial charge in [-0.3, -0.25) is 5.10 Å². The molecule has 1 aromatic carbocycles. The van der Waals surface area contributed by atoms with Crippen molar-refractivity contribution in [2.75, 3.05) is 14.2 Å². The highest BCUT2D eigenvalue weighted by molar-refractivity contribution is 9.10. The molecule has 1 aromatic heterocycles. The molecule has 0 saturated heterocycles. The van der Waals surface area contributed by atoms with E-state index in [4.69, 9.17) is 4.74 Å². The highest BCUT2D eigenvalue weighted by Gasteiger charge is 2.18. The van der Waals surface area contributed by atoms with Crippen LogP contribution >= 0.6 is 15.9 Å². The summed E-state index contributed by atoms with van der Waals surface area (Å²) in [5, 5.41) is 6.75. The molecule has 6 heteroatoms. The molecule has 2 rings (SSSR count). The molecule has 0 saturated carbocycles. The topological polar surface area (TPSA) is 64.2 Å². The van der Waals surface area contributed by atoms with Crippen LogP contribution in [0, 0.1) is 0 Å². The summed E-state index contributed by atoms with van der Waals surface area (Å²) < 4.78 is 10.4. The average Bonchev–Trinajstić information content (AvgIpc) is 2.80. The Balaban J connectivity index is 2.45. The first-order valence-electron chi connectivity index (χ1n) is 5.14. The van der Waals surface area contributed by atoms with Crippen molar-refractivity contribution in [1.82, 2.24) is 10.2 Å². The zero-order valence-electron chi connectivity index (χ0n) is 9.86. The molecule has 0 bridgehead atoms. The number of methoxy groups -OCH3 is 2. The van der Waals surface area contributed by atoms with Gasteiger partial charge in [0.05, 0.1) is 18.7 Å². The van der Waals surface area contributed by atoms with Crippen LogP contribution in [0.1, 0.15) is 10.5 Å². The quantitative estimate of drug-likeness (QED) is 0.885. The lowest BCUT2D eigenvalue weighted by Crippen LogP contribution is -2.02. The van der Waals surface area contributed by atoms with Crippen LogP contribution in [0.4, 0.5) is 0 Å². The Bertz CT molecular complexity index is 580. The Kier molecular flexibility index (Phi) is 3.66. The summed E-state index contributed by atoms with van der Waals surface area (Å²) in [5.41, 5.74) is 1.76. The van der Waals surface area contributed by atoms with Gasteiger partial charge in [0.25, 0.3) is 0 Å². The normalized spacial score (nSPS) is 10.2. The lowest BCUT2D eigenvalue weighted by atomic mass is 10.1. The number of aromatic nitrogens is 2. The number of esters is 1. The van der Waals surface area contributed by atoms with Gasteiger partial charge in [-0.05, 0) is 28.1 Å². The van der Waals surface area contributed by atoms with Crippen LogP contribution in [0.15, 0.2) is 28.7 Å². The minimum atomic E-state index is -0.469. The number of hydrogen-bond donors (Lipinski definition) is 1. The summed E-state index contributed by atoms with van der Waals surface area (Å²) in [7, 11) is 2.92. The third-order valence-electron chi connectivity index (χ3n) is 2.44. The van der Waals surface area contributed by atoms with Gasteiger partial charge in [0.2, 0.25) is 0 Å². The van der Waals surface area contributed by atoms with Crippen LogP contribution in [0.5, 0.6) is 5.75 Å². The lowest BCUT2D eigenvalue weighted by molar-refractivity contribution is 0.0593. The van der Waals surface area contributed by atoms with Gasteiger partial charge in [0.15, 0.2) is 5.69 Å². The van der Waals surface area contributed by atoms with E-state index >= 15 is 0 Å². The van der Waals surface area contributed by atoms with Crippen LogP contribution in [-0.4, -0.2) is 30.4 Å².